The summed E-state index contributed by atoms with van der Waals surface area (Å²) in [4.78, 5) is 4.30. The molecule has 2 N–H and O–H groups in total. The number of nitrogens with one attached hydrogen (secondary N) is 2. The van der Waals surface area contributed by atoms with Gasteiger partial charge in [0.25, 0.3) is 0 Å². The van der Waals surface area contributed by atoms with Crippen molar-refractivity contribution in [2.24, 2.45) is 11.8 Å². The van der Waals surface area contributed by atoms with Gasteiger partial charge in [-0.2, -0.15) is 0 Å². The molecule has 2 saturated carbocycles. The zero-order valence-electron chi connectivity index (χ0n) is 19.5. The summed E-state index contributed by atoms with van der Waals surface area (Å²) in [6.07, 6.45) is 15.7. The minimum Gasteiger partial charge on any atom is -0.344 e. The molecule has 1 aromatic carbocycles. The molecule has 4 unspecified atom stereocenters. The molecule has 176 valence electrons. The van der Waals surface area contributed by atoms with Crippen LogP contribution in [0, 0.1) is 11.8 Å². The van der Waals surface area contributed by atoms with Crippen molar-refractivity contribution < 1.29 is 0 Å². The molecule has 33 heavy (non-hydrogen) atoms. The van der Waals surface area contributed by atoms with Crippen molar-refractivity contribution in [3.8, 4) is 0 Å². The van der Waals surface area contributed by atoms with E-state index < -0.39 is 0 Å². The third kappa shape index (κ3) is 4.58. The highest BCUT2D eigenvalue weighted by atomic mass is 35.5. The second-order valence-corrected chi connectivity index (χ2v) is 10.4. The molecule has 5 heteroatoms. The number of nitrogens with zero attached hydrogens (tertiary/aromatic N) is 2. The summed E-state index contributed by atoms with van der Waals surface area (Å²) in [7, 11) is 0. The predicted octanol–water partition coefficient (Wildman–Crippen LogP) is 5.68. The van der Waals surface area contributed by atoms with Crippen molar-refractivity contribution in [3.63, 3.8) is 0 Å². The summed E-state index contributed by atoms with van der Waals surface area (Å²) >= 11 is 0. The molecule has 6 rings (SSSR count). The Morgan fingerprint density at radius 2 is 1.82 bits per heavy atom. The maximum absolute atomic E-state index is 4.30. The molecular weight excluding hydrogens is 428 g/mol. The molecule has 0 amide bonds. The number of para-hydroxylation sites is 1. The fourth-order valence-electron chi connectivity index (χ4n) is 6.89. The van der Waals surface area contributed by atoms with Crippen LogP contribution in [0.2, 0.25) is 0 Å². The molecule has 0 spiro atoms. The summed E-state index contributed by atoms with van der Waals surface area (Å²) in [5.41, 5.74) is 4.33. The Balaban J connectivity index is 0.00000228. The summed E-state index contributed by atoms with van der Waals surface area (Å²) in [5, 5.41) is 8.78. The number of rotatable bonds is 7. The molecule has 3 aromatic rings. The van der Waals surface area contributed by atoms with Gasteiger partial charge in [-0.05, 0) is 99.3 Å². The number of pyridine rings is 1. The summed E-state index contributed by atoms with van der Waals surface area (Å²) in [6.45, 7) is 3.34. The number of hydrogen-bond donors (Lipinski definition) is 2. The van der Waals surface area contributed by atoms with E-state index in [1.807, 2.05) is 12.4 Å². The van der Waals surface area contributed by atoms with Crippen LogP contribution in [-0.2, 0) is 0 Å². The first kappa shape index (κ1) is 22.9. The molecule has 2 aliphatic carbocycles. The standard InChI is InChI=1S/C28H36N4.ClH/c1-2-4-27-25(3-1)26(19-32(27)28-18-20-5-6-22(28)17-20)24(21-7-12-29-13-8-21)11-16-31-23-9-14-30-15-10-23;/h1-4,7-8,12-13,19-20,22-24,28,30-31H,5-6,9-11,14-18H2;1H. The lowest BCUT2D eigenvalue weighted by molar-refractivity contribution is 0.336. The number of piperidine rings is 1. The highest BCUT2D eigenvalue weighted by Crippen LogP contribution is 2.52. The average molecular weight is 465 g/mol. The van der Waals surface area contributed by atoms with E-state index in [2.05, 4.69) is 62.8 Å². The third-order valence-corrected chi connectivity index (χ3v) is 8.52. The maximum atomic E-state index is 4.30. The van der Waals surface area contributed by atoms with Crippen LogP contribution in [0.4, 0.5) is 0 Å². The van der Waals surface area contributed by atoms with Crippen LogP contribution in [-0.4, -0.2) is 35.2 Å². The molecule has 3 aliphatic rings. The van der Waals surface area contributed by atoms with Crippen molar-refractivity contribution in [2.75, 3.05) is 19.6 Å². The maximum Gasteiger partial charge on any atom is 0.0486 e. The highest BCUT2D eigenvalue weighted by Gasteiger charge is 2.41. The second-order valence-electron chi connectivity index (χ2n) is 10.4. The van der Waals surface area contributed by atoms with Gasteiger partial charge in [0.15, 0.2) is 0 Å². The fourth-order valence-corrected chi connectivity index (χ4v) is 6.89. The molecule has 0 radical (unpaired) electrons. The quantitative estimate of drug-likeness (QED) is 0.472. The van der Waals surface area contributed by atoms with Gasteiger partial charge in [0.05, 0.1) is 0 Å². The number of hydrogen-bond acceptors (Lipinski definition) is 3. The van der Waals surface area contributed by atoms with Crippen molar-refractivity contribution in [1.29, 1.82) is 0 Å². The first-order valence-corrected chi connectivity index (χ1v) is 12.8. The van der Waals surface area contributed by atoms with Crippen molar-refractivity contribution >= 4 is 23.3 Å². The van der Waals surface area contributed by atoms with Crippen LogP contribution in [0.15, 0.2) is 55.0 Å². The first-order chi connectivity index (χ1) is 15.9. The van der Waals surface area contributed by atoms with Crippen molar-refractivity contribution in [3.05, 3.63) is 66.1 Å². The SMILES string of the molecule is Cl.c1ccc2c(c1)c(C(CCNC1CCNCC1)c1ccncc1)cn2C1CC2CCC1C2. The van der Waals surface area contributed by atoms with E-state index in [0.717, 1.165) is 37.9 Å². The van der Waals surface area contributed by atoms with E-state index in [0.29, 0.717) is 18.0 Å². The molecule has 1 saturated heterocycles. The minimum atomic E-state index is 0. The van der Waals surface area contributed by atoms with Gasteiger partial charge in [0.1, 0.15) is 0 Å². The topological polar surface area (TPSA) is 41.9 Å². The largest absolute Gasteiger partial charge is 0.344 e. The summed E-state index contributed by atoms with van der Waals surface area (Å²) < 4.78 is 2.67. The van der Waals surface area contributed by atoms with E-state index in [9.17, 15) is 0 Å². The first-order valence-electron chi connectivity index (χ1n) is 12.8. The molecule has 1 aliphatic heterocycles. The van der Waals surface area contributed by atoms with E-state index in [4.69, 9.17) is 0 Å². The van der Waals surface area contributed by atoms with Crippen LogP contribution in [0.25, 0.3) is 10.9 Å². The van der Waals surface area contributed by atoms with Gasteiger partial charge in [0.2, 0.25) is 0 Å². The monoisotopic (exact) mass is 464 g/mol. The van der Waals surface area contributed by atoms with Crippen LogP contribution < -0.4 is 10.6 Å². The number of fused-ring (bicyclic) bond motifs is 3. The minimum absolute atomic E-state index is 0. The lowest BCUT2D eigenvalue weighted by Gasteiger charge is -2.25. The van der Waals surface area contributed by atoms with Gasteiger partial charge in [-0.1, -0.05) is 24.6 Å². The zero-order chi connectivity index (χ0) is 21.3. The van der Waals surface area contributed by atoms with Crippen LogP contribution in [0.1, 0.15) is 68.0 Å². The average Bonchev–Trinajstić information content (AvgIpc) is 3.58. The van der Waals surface area contributed by atoms with Gasteiger partial charge < -0.3 is 15.2 Å². The lowest BCUT2D eigenvalue weighted by Crippen LogP contribution is -2.40. The Bertz CT molecular complexity index is 1040. The van der Waals surface area contributed by atoms with Crippen LogP contribution in [0.5, 0.6) is 0 Å². The predicted molar refractivity (Wildman–Crippen MR) is 138 cm³/mol. The molecule has 4 nitrogen and oxygen atoms in total. The zero-order valence-corrected chi connectivity index (χ0v) is 20.3. The van der Waals surface area contributed by atoms with Gasteiger partial charge in [-0.15, -0.1) is 12.4 Å². The van der Waals surface area contributed by atoms with E-state index >= 15 is 0 Å². The van der Waals surface area contributed by atoms with Crippen LogP contribution >= 0.6 is 12.4 Å². The van der Waals surface area contributed by atoms with Crippen molar-refractivity contribution in [1.82, 2.24) is 20.2 Å². The highest BCUT2D eigenvalue weighted by molar-refractivity contribution is 5.85. The normalized spacial score (nSPS) is 25.9. The number of halogens is 1. The molecular formula is C28H37ClN4. The number of benzene rings is 1. The Labute approximate surface area is 204 Å². The summed E-state index contributed by atoms with van der Waals surface area (Å²) in [5.74, 6) is 2.24. The third-order valence-electron chi connectivity index (χ3n) is 8.52. The van der Waals surface area contributed by atoms with E-state index in [-0.39, 0.29) is 12.4 Å². The smallest absolute Gasteiger partial charge is 0.0486 e. The van der Waals surface area contributed by atoms with Crippen molar-refractivity contribution in [2.45, 2.75) is 62.9 Å². The Hall–Kier alpha value is -1.88. The van der Waals surface area contributed by atoms with Gasteiger partial charge in [0, 0.05) is 47.5 Å². The van der Waals surface area contributed by atoms with Crippen LogP contribution in [0.3, 0.4) is 0 Å². The fraction of sp³-hybridized carbons (Fsp3) is 0.536. The molecule has 4 atom stereocenters. The Kier molecular flexibility index (Phi) is 7.05. The molecule has 3 fully saturated rings. The molecule has 2 aromatic heterocycles. The second kappa shape index (κ2) is 10.2. The van der Waals surface area contributed by atoms with Gasteiger partial charge in [-0.3, -0.25) is 4.98 Å². The molecule has 2 bridgehead atoms. The Morgan fingerprint density at radius 1 is 1.00 bits per heavy atom. The lowest BCUT2D eigenvalue weighted by atomic mass is 9.88. The molecule has 3 heterocycles. The van der Waals surface area contributed by atoms with E-state index in [1.165, 1.54) is 60.6 Å². The summed E-state index contributed by atoms with van der Waals surface area (Å²) in [6, 6.07) is 14.9. The number of aromatic nitrogens is 2. The van der Waals surface area contributed by atoms with Gasteiger partial charge >= 0.3 is 0 Å². The van der Waals surface area contributed by atoms with Gasteiger partial charge in [-0.25, -0.2) is 0 Å². The van der Waals surface area contributed by atoms with E-state index in [1.54, 1.807) is 0 Å². The Morgan fingerprint density at radius 3 is 2.58 bits per heavy atom.